The molecular weight excluding hydrogens is 355 g/mol. The van der Waals surface area contributed by atoms with Gasteiger partial charge in [-0.25, -0.2) is 9.38 Å². The van der Waals surface area contributed by atoms with Gasteiger partial charge in [0, 0.05) is 12.0 Å². The molecule has 144 valence electrons. The van der Waals surface area contributed by atoms with Crippen molar-refractivity contribution in [3.8, 4) is 5.75 Å². The third-order valence-corrected chi connectivity index (χ3v) is 4.78. The van der Waals surface area contributed by atoms with Gasteiger partial charge in [-0.1, -0.05) is 13.5 Å². The van der Waals surface area contributed by atoms with Gasteiger partial charge in [-0.15, -0.1) is 0 Å². The number of imidazole rings is 1. The summed E-state index contributed by atoms with van der Waals surface area (Å²) in [6, 6.07) is 2.99. The average molecular weight is 376 g/mol. The van der Waals surface area contributed by atoms with E-state index >= 15 is 0 Å². The van der Waals surface area contributed by atoms with Crippen molar-refractivity contribution in [2.45, 2.75) is 45.3 Å². The summed E-state index contributed by atoms with van der Waals surface area (Å²) >= 11 is 0. The normalized spacial score (nSPS) is 14.6. The minimum Gasteiger partial charge on any atom is -0.370 e. The van der Waals surface area contributed by atoms with Crippen LogP contribution in [0.25, 0.3) is 6.58 Å². The largest absolute Gasteiger partial charge is 0.370 e. The number of carbonyl (C=O) groups excluding carboxylic acids is 1. The summed E-state index contributed by atoms with van der Waals surface area (Å²) in [5, 5.41) is 0.200. The summed E-state index contributed by atoms with van der Waals surface area (Å²) < 4.78 is 16.4. The number of nitrogens with zero attached hydrogens (tertiary/aromatic N) is 2. The van der Waals surface area contributed by atoms with Gasteiger partial charge in [-0.05, 0) is 31.9 Å². The van der Waals surface area contributed by atoms with Gasteiger partial charge in [0.05, 0.1) is 12.2 Å². The molecule has 3 rings (SSSR count). The summed E-state index contributed by atoms with van der Waals surface area (Å²) in [5.74, 6) is -1.17. The molecule has 0 radical (unpaired) electrons. The van der Waals surface area contributed by atoms with Gasteiger partial charge in [0.1, 0.15) is 11.0 Å². The van der Waals surface area contributed by atoms with E-state index in [0.717, 1.165) is 0 Å². The molecule has 1 amide bonds. The maximum absolute atomic E-state index is 14.9. The minimum atomic E-state index is -0.789. The summed E-state index contributed by atoms with van der Waals surface area (Å²) in [5.41, 5.74) is 5.02. The third-order valence-electron chi connectivity index (χ3n) is 4.78. The van der Waals surface area contributed by atoms with Crippen molar-refractivity contribution in [3.63, 3.8) is 0 Å². The zero-order chi connectivity index (χ0) is 19.8. The molecule has 2 heterocycles. The zero-order valence-corrected chi connectivity index (χ0v) is 15.2. The van der Waals surface area contributed by atoms with Gasteiger partial charge in [0.15, 0.2) is 5.82 Å². The topological polar surface area (TPSA) is 112 Å². The molecule has 1 atom stereocenters. The molecule has 0 aliphatic carbocycles. The summed E-state index contributed by atoms with van der Waals surface area (Å²) in [4.78, 5) is 40.2. The highest BCUT2D eigenvalue weighted by Gasteiger charge is 2.27. The first-order valence-corrected chi connectivity index (χ1v) is 8.56. The Bertz CT molecular complexity index is 1060. The zero-order valence-electron chi connectivity index (χ0n) is 15.2. The number of hydrogen-bond acceptors (Lipinski definition) is 5. The van der Waals surface area contributed by atoms with Gasteiger partial charge in [0.25, 0.3) is 5.56 Å². The number of carbonyl (C=O) groups is 1. The summed E-state index contributed by atoms with van der Waals surface area (Å²) in [6.07, 6.45) is 1.03. The first-order valence-electron chi connectivity index (χ1n) is 8.56. The van der Waals surface area contributed by atoms with E-state index in [1.54, 1.807) is 13.0 Å². The number of hydrogen-bond donors (Lipinski definition) is 2. The van der Waals surface area contributed by atoms with E-state index < -0.39 is 17.3 Å². The molecule has 9 heteroatoms. The van der Waals surface area contributed by atoms with E-state index in [1.807, 2.05) is 6.92 Å². The van der Waals surface area contributed by atoms with E-state index in [9.17, 15) is 14.0 Å². The van der Waals surface area contributed by atoms with Crippen LogP contribution in [0.4, 0.5) is 10.1 Å². The lowest BCUT2D eigenvalue weighted by molar-refractivity contribution is -0.290. The van der Waals surface area contributed by atoms with Crippen LogP contribution in [0.15, 0.2) is 21.9 Å². The predicted molar refractivity (Wildman–Crippen MR) is 95.4 cm³/mol. The van der Waals surface area contributed by atoms with Crippen LogP contribution >= 0.6 is 0 Å². The standard InChI is InChI=1S/C18H21FN4O4/c1-4-18(3,8-7-14(20)24)27-26-13-6-5-12-11(15(13)19)9-23-10(2)16(25)22-17(23)21-12/h5-6H,2,4,7-9H2,1,3H3,(H2,20,24)(H,21,22,25). The van der Waals surface area contributed by atoms with Crippen LogP contribution in [-0.4, -0.2) is 21.1 Å². The van der Waals surface area contributed by atoms with Gasteiger partial charge < -0.3 is 15.2 Å². The number of nitrogens with one attached hydrogen (secondary N) is 1. The number of H-pyrrole nitrogens is 1. The fourth-order valence-electron chi connectivity index (χ4n) is 2.74. The van der Waals surface area contributed by atoms with Crippen LogP contribution in [-0.2, 0) is 16.2 Å². The Balaban J connectivity index is 1.84. The molecule has 3 N–H and O–H groups in total. The first-order chi connectivity index (χ1) is 12.7. The summed E-state index contributed by atoms with van der Waals surface area (Å²) in [6.45, 7) is 7.40. The molecule has 1 aliphatic rings. The van der Waals surface area contributed by atoms with Crippen molar-refractivity contribution < 1.29 is 19.0 Å². The van der Waals surface area contributed by atoms with Crippen LogP contribution in [0.3, 0.4) is 0 Å². The van der Waals surface area contributed by atoms with Crippen molar-refractivity contribution in [1.82, 2.24) is 9.55 Å². The van der Waals surface area contributed by atoms with Gasteiger partial charge in [0.2, 0.25) is 17.3 Å². The van der Waals surface area contributed by atoms with Crippen molar-refractivity contribution in [2.75, 3.05) is 0 Å². The second-order valence-electron chi connectivity index (χ2n) is 6.73. The second-order valence-corrected chi connectivity index (χ2v) is 6.73. The van der Waals surface area contributed by atoms with Crippen molar-refractivity contribution in [3.05, 3.63) is 44.8 Å². The number of amides is 1. The number of aromatic amines is 1. The number of benzene rings is 1. The van der Waals surface area contributed by atoms with E-state index in [-0.39, 0.29) is 35.2 Å². The minimum absolute atomic E-state index is 0.0987. The molecular formula is C18H21FN4O4. The maximum Gasteiger partial charge on any atom is 0.274 e. The Morgan fingerprint density at radius 1 is 1.52 bits per heavy atom. The number of primary amides is 1. The average Bonchev–Trinajstić information content (AvgIpc) is 2.92. The molecule has 0 saturated carbocycles. The molecule has 8 nitrogen and oxygen atoms in total. The maximum atomic E-state index is 14.9. The quantitative estimate of drug-likeness (QED) is 0.469. The SMILES string of the molecule is C=c1c(=O)[nH]c2n1Cc1c(ccc(OOC(C)(CC)CCC(N)=O)c1F)N=2. The van der Waals surface area contributed by atoms with E-state index in [1.165, 1.54) is 10.6 Å². The number of halogens is 1. The van der Waals surface area contributed by atoms with Crippen LogP contribution in [0, 0.1) is 5.82 Å². The van der Waals surface area contributed by atoms with Crippen molar-refractivity contribution in [1.29, 1.82) is 0 Å². The van der Waals surface area contributed by atoms with Gasteiger partial charge in [-0.3, -0.25) is 14.6 Å². The van der Waals surface area contributed by atoms with Gasteiger partial charge >= 0.3 is 0 Å². The number of rotatable bonds is 7. The lowest BCUT2D eigenvalue weighted by atomic mass is 9.97. The van der Waals surface area contributed by atoms with Crippen LogP contribution in [0.2, 0.25) is 0 Å². The lowest BCUT2D eigenvalue weighted by Crippen LogP contribution is -2.33. The Kier molecular flexibility index (Phi) is 4.88. The number of nitrogens with two attached hydrogens (primary N) is 1. The molecule has 1 aliphatic heterocycles. The fraction of sp³-hybridized carbons (Fsp3) is 0.389. The van der Waals surface area contributed by atoms with Gasteiger partial charge in [-0.2, -0.15) is 4.89 Å². The molecule has 0 saturated heterocycles. The Morgan fingerprint density at radius 2 is 2.26 bits per heavy atom. The molecule has 0 spiro atoms. The lowest BCUT2D eigenvalue weighted by Gasteiger charge is -2.26. The number of fused-ring (bicyclic) bond motifs is 2. The highest BCUT2D eigenvalue weighted by Crippen LogP contribution is 2.32. The highest BCUT2D eigenvalue weighted by molar-refractivity contribution is 5.73. The Morgan fingerprint density at radius 3 is 2.93 bits per heavy atom. The predicted octanol–water partition coefficient (Wildman–Crippen LogP) is 0.783. The van der Waals surface area contributed by atoms with Crippen LogP contribution in [0.1, 0.15) is 38.7 Å². The van der Waals surface area contributed by atoms with E-state index in [2.05, 4.69) is 16.6 Å². The monoisotopic (exact) mass is 376 g/mol. The first kappa shape index (κ1) is 18.8. The fourth-order valence-corrected chi connectivity index (χ4v) is 2.74. The molecule has 0 bridgehead atoms. The van der Waals surface area contributed by atoms with Crippen LogP contribution in [0.5, 0.6) is 5.75 Å². The second kappa shape index (κ2) is 6.99. The van der Waals surface area contributed by atoms with Crippen LogP contribution < -0.4 is 27.1 Å². The van der Waals surface area contributed by atoms with Crippen molar-refractivity contribution in [2.24, 2.45) is 10.7 Å². The third kappa shape index (κ3) is 3.63. The molecule has 0 fully saturated rings. The molecule has 27 heavy (non-hydrogen) atoms. The molecule has 1 aromatic carbocycles. The van der Waals surface area contributed by atoms with Crippen molar-refractivity contribution >= 4 is 18.2 Å². The van der Waals surface area contributed by atoms with E-state index in [4.69, 9.17) is 15.5 Å². The van der Waals surface area contributed by atoms with E-state index in [0.29, 0.717) is 24.1 Å². The molecule has 1 unspecified atom stereocenters. The summed E-state index contributed by atoms with van der Waals surface area (Å²) in [7, 11) is 0. The molecule has 1 aromatic heterocycles. The Labute approximate surface area is 154 Å². The highest BCUT2D eigenvalue weighted by atomic mass is 19.1. The molecule has 2 aromatic rings. The number of aromatic nitrogens is 2. The Hall–Kier alpha value is -2.94. The smallest absolute Gasteiger partial charge is 0.274 e.